The van der Waals surface area contributed by atoms with Crippen molar-refractivity contribution in [1.29, 1.82) is 0 Å². The van der Waals surface area contributed by atoms with Crippen molar-refractivity contribution in [3.63, 3.8) is 0 Å². The zero-order chi connectivity index (χ0) is 15.8. The van der Waals surface area contributed by atoms with Gasteiger partial charge in [-0.1, -0.05) is 31.9 Å². The summed E-state index contributed by atoms with van der Waals surface area (Å²) in [4.78, 5) is 0. The van der Waals surface area contributed by atoms with E-state index >= 15 is 0 Å². The standard InChI is InChI=1S/C20H32O2/c1-13-10-20-11-14(13)5-6-15(20)19(3)8-4-7-18(2,12-21)16(19)9-17(20)22/h10,14-17,21-22H,4-9,11-12H2,1-3H3/t14?,15-,16+,17-,18+,19-,20+/m0/s1. The summed E-state index contributed by atoms with van der Waals surface area (Å²) < 4.78 is 0. The van der Waals surface area contributed by atoms with Gasteiger partial charge in [-0.05, 0) is 74.0 Å². The molecule has 0 aromatic rings. The average molecular weight is 304 g/mol. The predicted octanol–water partition coefficient (Wildman–Crippen LogP) is 3.92. The van der Waals surface area contributed by atoms with Gasteiger partial charge >= 0.3 is 0 Å². The maximum absolute atomic E-state index is 11.2. The van der Waals surface area contributed by atoms with Gasteiger partial charge in [-0.15, -0.1) is 0 Å². The molecule has 0 aromatic heterocycles. The minimum atomic E-state index is -0.209. The Bertz CT molecular complexity index is 512. The first-order valence-corrected chi connectivity index (χ1v) is 9.34. The molecule has 2 nitrogen and oxygen atoms in total. The van der Waals surface area contributed by atoms with Crippen LogP contribution >= 0.6 is 0 Å². The van der Waals surface area contributed by atoms with Crippen LogP contribution in [-0.4, -0.2) is 22.9 Å². The van der Waals surface area contributed by atoms with Gasteiger partial charge in [-0.25, -0.2) is 0 Å². The highest BCUT2D eigenvalue weighted by molar-refractivity contribution is 5.29. The van der Waals surface area contributed by atoms with Crippen molar-refractivity contribution in [2.45, 2.75) is 71.8 Å². The van der Waals surface area contributed by atoms with Crippen LogP contribution in [0.1, 0.15) is 65.7 Å². The fourth-order valence-corrected chi connectivity index (χ4v) is 7.43. The van der Waals surface area contributed by atoms with E-state index < -0.39 is 0 Å². The summed E-state index contributed by atoms with van der Waals surface area (Å²) in [6.45, 7) is 7.31. The van der Waals surface area contributed by atoms with Crippen LogP contribution in [0.25, 0.3) is 0 Å². The van der Waals surface area contributed by atoms with E-state index in [0.717, 1.165) is 18.8 Å². The van der Waals surface area contributed by atoms with Crippen LogP contribution in [0.3, 0.4) is 0 Å². The molecule has 22 heavy (non-hydrogen) atoms. The van der Waals surface area contributed by atoms with Gasteiger partial charge in [0.25, 0.3) is 0 Å². The molecule has 0 heterocycles. The lowest BCUT2D eigenvalue weighted by atomic mass is 9.40. The number of hydrogen-bond acceptors (Lipinski definition) is 2. The third-order valence-corrected chi connectivity index (χ3v) is 8.53. The van der Waals surface area contributed by atoms with E-state index in [1.165, 1.54) is 37.7 Å². The van der Waals surface area contributed by atoms with E-state index in [1.807, 2.05) is 0 Å². The molecule has 4 aliphatic rings. The van der Waals surface area contributed by atoms with E-state index in [0.29, 0.717) is 17.3 Å². The maximum Gasteiger partial charge on any atom is 0.0637 e. The minimum absolute atomic E-state index is 0.00377. The first-order valence-electron chi connectivity index (χ1n) is 9.34. The van der Waals surface area contributed by atoms with Crippen molar-refractivity contribution in [1.82, 2.24) is 0 Å². The Hall–Kier alpha value is -0.340. The first kappa shape index (κ1) is 15.2. The van der Waals surface area contributed by atoms with Crippen LogP contribution in [0.15, 0.2) is 11.6 Å². The number of aliphatic hydroxyl groups excluding tert-OH is 2. The molecule has 2 heteroatoms. The van der Waals surface area contributed by atoms with E-state index in [9.17, 15) is 10.2 Å². The molecule has 4 rings (SSSR count). The van der Waals surface area contributed by atoms with Gasteiger partial charge < -0.3 is 10.2 Å². The van der Waals surface area contributed by atoms with E-state index in [-0.39, 0.29) is 23.5 Å². The minimum Gasteiger partial charge on any atom is -0.396 e. The number of fused-ring (bicyclic) bond motifs is 3. The summed E-state index contributed by atoms with van der Waals surface area (Å²) in [7, 11) is 0. The van der Waals surface area contributed by atoms with Gasteiger partial charge in [0.2, 0.25) is 0 Å². The average Bonchev–Trinajstić information content (AvgIpc) is 2.73. The van der Waals surface area contributed by atoms with Crippen LogP contribution < -0.4 is 0 Å². The third kappa shape index (κ3) is 1.69. The summed E-state index contributed by atoms with van der Waals surface area (Å²) in [6.07, 6.45) is 10.6. The van der Waals surface area contributed by atoms with Crippen LogP contribution in [0, 0.1) is 34.0 Å². The molecule has 3 saturated carbocycles. The smallest absolute Gasteiger partial charge is 0.0637 e. The quantitative estimate of drug-likeness (QED) is 0.721. The number of hydrogen-bond donors (Lipinski definition) is 2. The molecular formula is C20H32O2. The second-order valence-corrected chi connectivity index (χ2v) is 9.51. The van der Waals surface area contributed by atoms with Gasteiger partial charge in [0.1, 0.15) is 0 Å². The Morgan fingerprint density at radius 3 is 2.68 bits per heavy atom. The van der Waals surface area contributed by atoms with E-state index in [4.69, 9.17) is 0 Å². The van der Waals surface area contributed by atoms with Crippen molar-refractivity contribution in [3.05, 3.63) is 11.6 Å². The van der Waals surface area contributed by atoms with E-state index in [2.05, 4.69) is 26.8 Å². The Kier molecular flexibility index (Phi) is 3.18. The molecule has 1 spiro atoms. The van der Waals surface area contributed by atoms with Crippen LogP contribution in [0.2, 0.25) is 0 Å². The fourth-order valence-electron chi connectivity index (χ4n) is 7.43. The van der Waals surface area contributed by atoms with Crippen LogP contribution in [0.4, 0.5) is 0 Å². The third-order valence-electron chi connectivity index (χ3n) is 8.53. The van der Waals surface area contributed by atoms with Crippen molar-refractivity contribution >= 4 is 0 Å². The summed E-state index contributed by atoms with van der Waals surface area (Å²) in [6, 6.07) is 0. The monoisotopic (exact) mass is 304 g/mol. The SMILES string of the molecule is CC1=C[C@@]23CC1CC[C@H]2[C@]1(C)CCC[C@](C)(CO)[C@H]1C[C@@H]3O. The molecule has 0 radical (unpaired) electrons. The lowest BCUT2D eigenvalue weighted by Gasteiger charge is -2.65. The Morgan fingerprint density at radius 1 is 1.18 bits per heavy atom. The van der Waals surface area contributed by atoms with Crippen molar-refractivity contribution in [3.8, 4) is 0 Å². The van der Waals surface area contributed by atoms with Crippen LogP contribution in [-0.2, 0) is 0 Å². The molecule has 2 bridgehead atoms. The van der Waals surface area contributed by atoms with Crippen LogP contribution in [0.5, 0.6) is 0 Å². The molecule has 2 N–H and O–H groups in total. The number of rotatable bonds is 1. The summed E-state index contributed by atoms with van der Waals surface area (Å²) in [5, 5.41) is 21.2. The topological polar surface area (TPSA) is 40.5 Å². The van der Waals surface area contributed by atoms with E-state index in [1.54, 1.807) is 0 Å². The lowest BCUT2D eigenvalue weighted by molar-refractivity contribution is -0.193. The zero-order valence-electron chi connectivity index (χ0n) is 14.4. The molecule has 1 unspecified atom stereocenters. The van der Waals surface area contributed by atoms with Gasteiger partial charge in [0.05, 0.1) is 6.10 Å². The Balaban J connectivity index is 1.80. The highest BCUT2D eigenvalue weighted by Gasteiger charge is 2.65. The molecular weight excluding hydrogens is 272 g/mol. The van der Waals surface area contributed by atoms with Gasteiger partial charge in [-0.3, -0.25) is 0 Å². The zero-order valence-corrected chi connectivity index (χ0v) is 14.4. The lowest BCUT2D eigenvalue weighted by Crippen LogP contribution is -2.61. The fraction of sp³-hybridized carbons (Fsp3) is 0.900. The van der Waals surface area contributed by atoms with Crippen molar-refractivity contribution < 1.29 is 10.2 Å². The summed E-state index contributed by atoms with van der Waals surface area (Å²) in [5.41, 5.74) is 1.88. The van der Waals surface area contributed by atoms with Crippen molar-refractivity contribution in [2.24, 2.45) is 34.0 Å². The highest BCUT2D eigenvalue weighted by Crippen LogP contribution is 2.70. The molecule has 0 saturated heterocycles. The second-order valence-electron chi connectivity index (χ2n) is 9.51. The second kappa shape index (κ2) is 4.60. The predicted molar refractivity (Wildman–Crippen MR) is 88.3 cm³/mol. The maximum atomic E-state index is 11.2. The first-order chi connectivity index (χ1) is 10.4. The molecule has 124 valence electrons. The number of aliphatic hydroxyl groups is 2. The molecule has 4 aliphatic carbocycles. The molecule has 7 atom stereocenters. The molecule has 3 fully saturated rings. The van der Waals surface area contributed by atoms with Crippen molar-refractivity contribution in [2.75, 3.05) is 6.61 Å². The van der Waals surface area contributed by atoms with Gasteiger partial charge in [-0.2, -0.15) is 0 Å². The molecule has 0 amide bonds. The highest BCUT2D eigenvalue weighted by atomic mass is 16.3. The summed E-state index contributed by atoms with van der Waals surface area (Å²) >= 11 is 0. The van der Waals surface area contributed by atoms with Gasteiger partial charge in [0.15, 0.2) is 0 Å². The molecule has 0 aromatic carbocycles. The van der Waals surface area contributed by atoms with Gasteiger partial charge in [0, 0.05) is 12.0 Å². The largest absolute Gasteiger partial charge is 0.396 e. The normalized spacial score (nSPS) is 57.0. The Morgan fingerprint density at radius 2 is 1.95 bits per heavy atom. The summed E-state index contributed by atoms with van der Waals surface area (Å²) in [5.74, 6) is 1.79. The number of allylic oxidation sites excluding steroid dienone is 1. The molecule has 0 aliphatic heterocycles. The Labute approximate surface area is 135 Å².